The molecule has 0 saturated carbocycles. The summed E-state index contributed by atoms with van der Waals surface area (Å²) in [7, 11) is 0. The van der Waals surface area contributed by atoms with Gasteiger partial charge in [0.15, 0.2) is 0 Å². The van der Waals surface area contributed by atoms with Crippen molar-refractivity contribution in [3.63, 3.8) is 0 Å². The van der Waals surface area contributed by atoms with Gasteiger partial charge in [-0.2, -0.15) is 0 Å². The van der Waals surface area contributed by atoms with E-state index in [1.165, 1.54) is 6.42 Å². The highest BCUT2D eigenvalue weighted by Gasteiger charge is 2.26. The first-order chi connectivity index (χ1) is 6.25. The Labute approximate surface area is 80.1 Å². The number of nitrogens with zero attached hydrogens (tertiary/aromatic N) is 1. The zero-order valence-electron chi connectivity index (χ0n) is 8.58. The van der Waals surface area contributed by atoms with Crippen LogP contribution in [-0.4, -0.2) is 36.6 Å². The molecule has 0 aromatic carbocycles. The normalized spacial score (nSPS) is 22.2. The van der Waals surface area contributed by atoms with Crippen molar-refractivity contribution in [1.29, 1.82) is 0 Å². The lowest BCUT2D eigenvalue weighted by atomic mass is 10.1. The summed E-state index contributed by atoms with van der Waals surface area (Å²) >= 11 is 0. The monoisotopic (exact) mass is 185 g/mol. The number of hydrogen-bond acceptors (Lipinski definition) is 3. The molecule has 0 bridgehead atoms. The van der Waals surface area contributed by atoms with E-state index in [-0.39, 0.29) is 6.04 Å². The van der Waals surface area contributed by atoms with Gasteiger partial charge in [0.05, 0.1) is 6.04 Å². The second-order valence-corrected chi connectivity index (χ2v) is 3.30. The fourth-order valence-electron chi connectivity index (χ4n) is 1.84. The summed E-state index contributed by atoms with van der Waals surface area (Å²) < 4.78 is 0. The molecule has 1 atom stereocenters. The predicted octanol–water partition coefficient (Wildman–Crippen LogP) is 1.26. The summed E-state index contributed by atoms with van der Waals surface area (Å²) in [5, 5.41) is 0. The van der Waals surface area contributed by atoms with E-state index in [2.05, 4.69) is 11.8 Å². The highest BCUT2D eigenvalue weighted by Crippen LogP contribution is 2.17. The zero-order chi connectivity index (χ0) is 10.3. The number of hydrogen-bond donors (Lipinski definition) is 0. The van der Waals surface area contributed by atoms with E-state index in [0.717, 1.165) is 25.9 Å². The molecule has 1 rings (SSSR count). The van der Waals surface area contributed by atoms with E-state index in [0.29, 0.717) is 5.78 Å². The number of rotatable bonds is 3. The minimum atomic E-state index is 0.245. The van der Waals surface area contributed by atoms with Crippen molar-refractivity contribution in [2.45, 2.75) is 39.2 Å². The summed E-state index contributed by atoms with van der Waals surface area (Å²) in [5.74, 6) is 0.343. The maximum absolute atomic E-state index is 11.1. The van der Waals surface area contributed by atoms with Gasteiger partial charge in [-0.1, -0.05) is 6.92 Å². The zero-order valence-corrected chi connectivity index (χ0v) is 8.58. The molecule has 0 spiro atoms. The number of carbonyl (C=O) groups is 2. The van der Waals surface area contributed by atoms with Gasteiger partial charge in [0.25, 0.3) is 0 Å². The van der Waals surface area contributed by atoms with Crippen LogP contribution in [0.15, 0.2) is 0 Å². The summed E-state index contributed by atoms with van der Waals surface area (Å²) in [6, 6.07) is 0.245. The number of Topliss-reactive ketones (excluding diaryl/α,β-unsaturated/α-hetero) is 1. The fraction of sp³-hybridized carbons (Fsp3) is 0.800. The third kappa shape index (κ3) is 3.68. The molecule has 13 heavy (non-hydrogen) atoms. The van der Waals surface area contributed by atoms with Crippen LogP contribution < -0.4 is 0 Å². The number of likely N-dealkylation sites (tertiary alicyclic amines) is 1. The van der Waals surface area contributed by atoms with Crippen LogP contribution in [0.2, 0.25) is 0 Å². The molecule has 1 aliphatic rings. The molecular formula is C10H19NO2. The van der Waals surface area contributed by atoms with E-state index >= 15 is 0 Å². The van der Waals surface area contributed by atoms with Gasteiger partial charge in [0.2, 0.25) is 0 Å². The molecule has 3 nitrogen and oxygen atoms in total. The van der Waals surface area contributed by atoms with Gasteiger partial charge >= 0.3 is 0 Å². The Kier molecular flexibility index (Phi) is 6.41. The van der Waals surface area contributed by atoms with Gasteiger partial charge in [0, 0.05) is 0 Å². The van der Waals surface area contributed by atoms with E-state index in [9.17, 15) is 4.79 Å². The first-order valence-corrected chi connectivity index (χ1v) is 4.79. The van der Waals surface area contributed by atoms with Gasteiger partial charge in [-0.25, -0.2) is 0 Å². The first-order valence-electron chi connectivity index (χ1n) is 4.79. The fourth-order valence-corrected chi connectivity index (χ4v) is 1.84. The molecule has 3 heteroatoms. The van der Waals surface area contributed by atoms with Crippen LogP contribution in [0.3, 0.4) is 0 Å². The van der Waals surface area contributed by atoms with E-state index in [4.69, 9.17) is 4.79 Å². The Morgan fingerprint density at radius 1 is 1.54 bits per heavy atom. The molecule has 1 saturated heterocycles. The van der Waals surface area contributed by atoms with Gasteiger partial charge < -0.3 is 4.79 Å². The molecule has 0 aliphatic carbocycles. The molecule has 1 fully saturated rings. The van der Waals surface area contributed by atoms with Crippen molar-refractivity contribution in [1.82, 2.24) is 4.90 Å². The topological polar surface area (TPSA) is 37.4 Å². The van der Waals surface area contributed by atoms with E-state index in [1.807, 2.05) is 6.79 Å². The van der Waals surface area contributed by atoms with Crippen LogP contribution in [0, 0.1) is 0 Å². The van der Waals surface area contributed by atoms with Crippen LogP contribution in [0.5, 0.6) is 0 Å². The molecule has 0 aromatic heterocycles. The van der Waals surface area contributed by atoms with E-state index < -0.39 is 0 Å². The Bertz CT molecular complexity index is 159. The quantitative estimate of drug-likeness (QED) is 0.664. The average molecular weight is 185 g/mol. The lowest BCUT2D eigenvalue weighted by molar-refractivity contribution is -0.121. The first kappa shape index (κ1) is 12.3. The van der Waals surface area contributed by atoms with Crippen molar-refractivity contribution in [3.8, 4) is 0 Å². The smallest absolute Gasteiger partial charge is 0.146 e. The highest BCUT2D eigenvalue weighted by atomic mass is 16.1. The largest absolute Gasteiger partial charge is 0.307 e. The van der Waals surface area contributed by atoms with E-state index in [1.54, 1.807) is 6.92 Å². The summed E-state index contributed by atoms with van der Waals surface area (Å²) in [6.45, 7) is 8.08. The summed E-state index contributed by atoms with van der Waals surface area (Å²) in [4.78, 5) is 21.4. The van der Waals surface area contributed by atoms with Crippen LogP contribution >= 0.6 is 0 Å². The van der Waals surface area contributed by atoms with Crippen LogP contribution in [-0.2, 0) is 9.59 Å². The maximum atomic E-state index is 11.1. The molecule has 0 amide bonds. The minimum absolute atomic E-state index is 0.245. The third-order valence-electron chi connectivity index (χ3n) is 2.34. The molecule has 1 unspecified atom stereocenters. The van der Waals surface area contributed by atoms with Crippen LogP contribution in [0.25, 0.3) is 0 Å². The summed E-state index contributed by atoms with van der Waals surface area (Å²) in [6.07, 6.45) is 3.43. The van der Waals surface area contributed by atoms with Crippen molar-refractivity contribution in [2.24, 2.45) is 0 Å². The predicted molar refractivity (Wildman–Crippen MR) is 52.7 cm³/mol. The SMILES string of the molecule is C=O.CCCN1CCCC1C(C)=O. The third-order valence-corrected chi connectivity index (χ3v) is 2.34. The lowest BCUT2D eigenvalue weighted by Crippen LogP contribution is -2.35. The van der Waals surface area contributed by atoms with Gasteiger partial charge in [0.1, 0.15) is 12.6 Å². The van der Waals surface area contributed by atoms with Crippen molar-refractivity contribution in [3.05, 3.63) is 0 Å². The molecule has 1 aliphatic heterocycles. The van der Waals surface area contributed by atoms with Gasteiger partial charge in [-0.05, 0) is 39.3 Å². The Morgan fingerprint density at radius 2 is 2.15 bits per heavy atom. The standard InChI is InChI=1S/C9H17NO.CH2O/c1-3-6-10-7-4-5-9(10)8(2)11;1-2/h9H,3-7H2,1-2H3;1H2. The molecule has 1 heterocycles. The van der Waals surface area contributed by atoms with Crippen LogP contribution in [0.4, 0.5) is 0 Å². The summed E-state index contributed by atoms with van der Waals surface area (Å²) in [5.41, 5.74) is 0. The van der Waals surface area contributed by atoms with Crippen molar-refractivity contribution in [2.75, 3.05) is 13.1 Å². The van der Waals surface area contributed by atoms with Crippen molar-refractivity contribution < 1.29 is 9.59 Å². The van der Waals surface area contributed by atoms with Crippen LogP contribution in [0.1, 0.15) is 33.1 Å². The van der Waals surface area contributed by atoms with Gasteiger partial charge in [-0.3, -0.25) is 9.69 Å². The number of ketones is 1. The number of carbonyl (C=O) groups excluding carboxylic acids is 2. The molecule has 76 valence electrons. The minimum Gasteiger partial charge on any atom is -0.307 e. The molecule has 0 aromatic rings. The second-order valence-electron chi connectivity index (χ2n) is 3.30. The van der Waals surface area contributed by atoms with Gasteiger partial charge in [-0.15, -0.1) is 0 Å². The molecular weight excluding hydrogens is 166 g/mol. The average Bonchev–Trinajstić information content (AvgIpc) is 2.57. The molecule has 0 N–H and O–H groups in total. The Morgan fingerprint density at radius 3 is 2.62 bits per heavy atom. The molecule has 0 radical (unpaired) electrons. The highest BCUT2D eigenvalue weighted by molar-refractivity contribution is 5.81. The van der Waals surface area contributed by atoms with Crippen molar-refractivity contribution >= 4 is 12.6 Å². The Hall–Kier alpha value is -0.700. The lowest BCUT2D eigenvalue weighted by Gasteiger charge is -2.20. The second kappa shape index (κ2) is 6.78. The Balaban J connectivity index is 0.000000671. The maximum Gasteiger partial charge on any atom is 0.146 e.